The van der Waals surface area contributed by atoms with E-state index in [0.29, 0.717) is 5.92 Å². The molecule has 0 radical (unpaired) electrons. The van der Waals surface area contributed by atoms with E-state index in [2.05, 4.69) is 70.8 Å². The zero-order chi connectivity index (χ0) is 18.8. The van der Waals surface area contributed by atoms with Gasteiger partial charge in [-0.05, 0) is 51.7 Å². The fourth-order valence-corrected chi connectivity index (χ4v) is 4.05. The van der Waals surface area contributed by atoms with Gasteiger partial charge in [0.1, 0.15) is 0 Å². The molecule has 0 saturated carbocycles. The van der Waals surface area contributed by atoms with Crippen molar-refractivity contribution >= 4 is 11.0 Å². The minimum Gasteiger partial charge on any atom is -0.308 e. The first kappa shape index (κ1) is 18.1. The second-order valence-corrected chi connectivity index (χ2v) is 8.00. The molecule has 1 atom stereocenters. The number of aromatic nitrogens is 3. The van der Waals surface area contributed by atoms with Crippen LogP contribution in [0.15, 0.2) is 42.6 Å². The van der Waals surface area contributed by atoms with Crippen LogP contribution in [-0.2, 0) is 13.1 Å². The molecule has 0 spiro atoms. The summed E-state index contributed by atoms with van der Waals surface area (Å²) in [6, 6.07) is 13.1. The van der Waals surface area contributed by atoms with E-state index in [1.54, 1.807) is 0 Å². The van der Waals surface area contributed by atoms with Gasteiger partial charge in [0.25, 0.3) is 0 Å². The summed E-state index contributed by atoms with van der Waals surface area (Å²) in [5, 5.41) is 6.22. The van der Waals surface area contributed by atoms with E-state index >= 15 is 0 Å². The molecule has 1 aliphatic heterocycles. The Morgan fingerprint density at radius 2 is 2.07 bits per heavy atom. The Kier molecular flexibility index (Phi) is 5.23. The van der Waals surface area contributed by atoms with Crippen LogP contribution in [0.4, 0.5) is 0 Å². The number of benzene rings is 1. The number of hydrogen-bond donors (Lipinski definition) is 0. The van der Waals surface area contributed by atoms with Crippen molar-refractivity contribution in [2.45, 2.75) is 32.4 Å². The molecule has 0 bridgehead atoms. The van der Waals surface area contributed by atoms with Crippen LogP contribution in [-0.4, -0.2) is 58.3 Å². The molecule has 5 nitrogen and oxygen atoms in total. The molecule has 3 aromatic rings. The molecular formula is C22H29N5. The topological polar surface area (TPSA) is 37.2 Å². The minimum absolute atomic E-state index is 0.488. The molecule has 5 heteroatoms. The van der Waals surface area contributed by atoms with Crippen LogP contribution < -0.4 is 0 Å². The third-order valence-electron chi connectivity index (χ3n) is 5.44. The fourth-order valence-electron chi connectivity index (χ4n) is 4.05. The summed E-state index contributed by atoms with van der Waals surface area (Å²) < 4.78 is 2.09. The lowest BCUT2D eigenvalue weighted by Gasteiger charge is -2.16. The molecule has 3 heterocycles. The third kappa shape index (κ3) is 4.04. The second kappa shape index (κ2) is 7.79. The van der Waals surface area contributed by atoms with Crippen molar-refractivity contribution in [3.05, 3.63) is 59.4 Å². The lowest BCUT2D eigenvalue weighted by molar-refractivity contribution is 0.326. The lowest BCUT2D eigenvalue weighted by atomic mass is 10.0. The van der Waals surface area contributed by atoms with E-state index in [4.69, 9.17) is 5.10 Å². The Balaban J connectivity index is 1.52. The van der Waals surface area contributed by atoms with Gasteiger partial charge < -0.3 is 4.90 Å². The van der Waals surface area contributed by atoms with Crippen LogP contribution in [0, 0.1) is 6.92 Å². The van der Waals surface area contributed by atoms with Gasteiger partial charge in [-0.2, -0.15) is 5.10 Å². The average Bonchev–Trinajstić information content (AvgIpc) is 3.24. The van der Waals surface area contributed by atoms with Gasteiger partial charge in [-0.15, -0.1) is 0 Å². The fraction of sp³-hybridized carbons (Fsp3) is 0.455. The number of aryl methyl sites for hydroxylation is 1. The van der Waals surface area contributed by atoms with Crippen molar-refractivity contribution in [1.29, 1.82) is 0 Å². The summed E-state index contributed by atoms with van der Waals surface area (Å²) in [4.78, 5) is 9.36. The zero-order valence-electron chi connectivity index (χ0n) is 16.6. The van der Waals surface area contributed by atoms with Crippen LogP contribution >= 0.6 is 0 Å². The van der Waals surface area contributed by atoms with Gasteiger partial charge in [0.2, 0.25) is 0 Å². The molecule has 27 heavy (non-hydrogen) atoms. The molecule has 0 aliphatic carbocycles. The molecule has 4 rings (SSSR count). The first-order chi connectivity index (χ1) is 13.1. The molecule has 1 aromatic carbocycles. The molecule has 1 fully saturated rings. The van der Waals surface area contributed by atoms with E-state index in [-0.39, 0.29) is 0 Å². The third-order valence-corrected chi connectivity index (χ3v) is 5.44. The van der Waals surface area contributed by atoms with Crippen LogP contribution in [0.5, 0.6) is 0 Å². The van der Waals surface area contributed by atoms with Crippen molar-refractivity contribution in [2.24, 2.45) is 0 Å². The predicted octanol–water partition coefficient (Wildman–Crippen LogP) is 3.29. The number of nitrogens with zero attached hydrogens (tertiary/aromatic N) is 5. The molecule has 0 unspecified atom stereocenters. The maximum absolute atomic E-state index is 5.00. The van der Waals surface area contributed by atoms with E-state index in [9.17, 15) is 0 Å². The van der Waals surface area contributed by atoms with Crippen LogP contribution in [0.1, 0.15) is 29.2 Å². The van der Waals surface area contributed by atoms with Crippen LogP contribution in [0.3, 0.4) is 0 Å². The van der Waals surface area contributed by atoms with Crippen molar-refractivity contribution in [1.82, 2.24) is 24.6 Å². The highest BCUT2D eigenvalue weighted by atomic mass is 15.3. The summed E-state index contributed by atoms with van der Waals surface area (Å²) in [6.07, 6.45) is 3.04. The lowest BCUT2D eigenvalue weighted by Crippen LogP contribution is -2.20. The molecule has 142 valence electrons. The van der Waals surface area contributed by atoms with E-state index in [1.807, 2.05) is 12.3 Å². The van der Waals surface area contributed by atoms with Gasteiger partial charge >= 0.3 is 0 Å². The largest absolute Gasteiger partial charge is 0.308 e. The SMILES string of the molecule is Cc1cccc(CN2CC[C@H](c3nn(CCN(C)C)c4ncccc34)C2)c1. The smallest absolute Gasteiger partial charge is 0.158 e. The Labute approximate surface area is 161 Å². The van der Waals surface area contributed by atoms with E-state index in [1.165, 1.54) is 28.6 Å². The van der Waals surface area contributed by atoms with Crippen molar-refractivity contribution in [3.63, 3.8) is 0 Å². The number of fused-ring (bicyclic) bond motifs is 1. The molecule has 0 N–H and O–H groups in total. The number of hydrogen-bond acceptors (Lipinski definition) is 4. The maximum atomic E-state index is 5.00. The highest BCUT2D eigenvalue weighted by molar-refractivity contribution is 5.78. The van der Waals surface area contributed by atoms with Gasteiger partial charge in [0.15, 0.2) is 5.65 Å². The van der Waals surface area contributed by atoms with Gasteiger partial charge in [-0.3, -0.25) is 4.90 Å². The van der Waals surface area contributed by atoms with Crippen LogP contribution in [0.2, 0.25) is 0 Å². The number of likely N-dealkylation sites (N-methyl/N-ethyl adjacent to an activating group) is 1. The Morgan fingerprint density at radius 3 is 2.89 bits per heavy atom. The number of pyridine rings is 1. The Morgan fingerprint density at radius 1 is 1.19 bits per heavy atom. The quantitative estimate of drug-likeness (QED) is 0.673. The molecule has 1 saturated heterocycles. The van der Waals surface area contributed by atoms with Gasteiger partial charge in [-0.25, -0.2) is 9.67 Å². The summed E-state index contributed by atoms with van der Waals surface area (Å²) in [5.41, 5.74) is 4.98. The summed E-state index contributed by atoms with van der Waals surface area (Å²) in [5.74, 6) is 0.488. The number of likely N-dealkylation sites (tertiary alicyclic amines) is 1. The monoisotopic (exact) mass is 363 g/mol. The molecule has 2 aromatic heterocycles. The summed E-state index contributed by atoms with van der Waals surface area (Å²) in [7, 11) is 4.19. The van der Waals surface area contributed by atoms with E-state index in [0.717, 1.165) is 38.4 Å². The van der Waals surface area contributed by atoms with Gasteiger partial charge in [0.05, 0.1) is 12.2 Å². The zero-order valence-corrected chi connectivity index (χ0v) is 16.6. The van der Waals surface area contributed by atoms with Crippen molar-refractivity contribution < 1.29 is 0 Å². The van der Waals surface area contributed by atoms with Crippen LogP contribution in [0.25, 0.3) is 11.0 Å². The van der Waals surface area contributed by atoms with Gasteiger partial charge in [0, 0.05) is 37.1 Å². The Hall–Kier alpha value is -2.24. The molecular weight excluding hydrogens is 334 g/mol. The molecule has 1 aliphatic rings. The Bertz CT molecular complexity index is 914. The van der Waals surface area contributed by atoms with Crippen molar-refractivity contribution in [2.75, 3.05) is 33.7 Å². The van der Waals surface area contributed by atoms with E-state index < -0.39 is 0 Å². The highest BCUT2D eigenvalue weighted by Crippen LogP contribution is 2.32. The van der Waals surface area contributed by atoms with Crippen molar-refractivity contribution in [3.8, 4) is 0 Å². The first-order valence-corrected chi connectivity index (χ1v) is 9.84. The molecule has 0 amide bonds. The van der Waals surface area contributed by atoms with Gasteiger partial charge in [-0.1, -0.05) is 29.8 Å². The summed E-state index contributed by atoms with van der Waals surface area (Å²) >= 11 is 0. The minimum atomic E-state index is 0.488. The predicted molar refractivity (Wildman–Crippen MR) is 110 cm³/mol. The number of rotatable bonds is 6. The average molecular weight is 364 g/mol. The second-order valence-electron chi connectivity index (χ2n) is 8.00. The highest BCUT2D eigenvalue weighted by Gasteiger charge is 2.28. The standard InChI is InChI=1S/C22H29N5/c1-17-6-4-7-18(14-17)15-26-11-9-19(16-26)21-20-8-5-10-23-22(20)27(24-21)13-12-25(2)3/h4-8,10,14,19H,9,11-13,15-16H2,1-3H3/t19-/m0/s1. The summed E-state index contributed by atoms with van der Waals surface area (Å²) in [6.45, 7) is 7.23. The normalized spacial score (nSPS) is 18.0. The first-order valence-electron chi connectivity index (χ1n) is 9.84. The maximum Gasteiger partial charge on any atom is 0.158 e.